The van der Waals surface area contributed by atoms with Gasteiger partial charge in [-0.05, 0) is 53.0 Å². The predicted molar refractivity (Wildman–Crippen MR) is 190 cm³/mol. The Labute approximate surface area is 302 Å². The van der Waals surface area contributed by atoms with Crippen molar-refractivity contribution in [2.45, 2.75) is 65.4 Å². The summed E-state index contributed by atoms with van der Waals surface area (Å²) < 4.78 is 24.3. The molecule has 2 bridgehead atoms. The summed E-state index contributed by atoms with van der Waals surface area (Å²) in [5, 5.41) is 10.5. The van der Waals surface area contributed by atoms with Crippen LogP contribution in [0.5, 0.6) is 0 Å². The molecule has 0 saturated carbocycles. The number of nitrogens with one attached hydrogen (secondary N) is 2. The highest BCUT2D eigenvalue weighted by Crippen LogP contribution is 2.34. The molecule has 3 amide bonds. The van der Waals surface area contributed by atoms with E-state index in [0.717, 1.165) is 11.1 Å². The first-order valence-corrected chi connectivity index (χ1v) is 17.3. The molecule has 5 heterocycles. The van der Waals surface area contributed by atoms with E-state index in [1.807, 2.05) is 12.1 Å². The number of anilines is 1. The van der Waals surface area contributed by atoms with Crippen LogP contribution in [-0.2, 0) is 32.3 Å². The summed E-state index contributed by atoms with van der Waals surface area (Å²) in [6.07, 6.45) is 7.03. The second-order valence-electron chi connectivity index (χ2n) is 13.6. The number of rotatable bonds is 4. The SMILES string of the molecule is CC(=O)c1nn(CC(=O)N2C[C@@]3(F)CNC(=O)C(C)(C)C/C=C\COCc4ccc(Br)nc4NC(=O)[C@@H]2C3)c2ccc(-c3cnc(C)nc3)cc12. The summed E-state index contributed by atoms with van der Waals surface area (Å²) in [7, 11) is 0. The van der Waals surface area contributed by atoms with Crippen LogP contribution in [0.2, 0.25) is 0 Å². The number of fused-ring (bicyclic) bond motifs is 4. The van der Waals surface area contributed by atoms with Gasteiger partial charge < -0.3 is 20.3 Å². The lowest BCUT2D eigenvalue weighted by molar-refractivity contribution is -0.137. The van der Waals surface area contributed by atoms with Gasteiger partial charge in [0.15, 0.2) is 5.78 Å². The number of hydrogen-bond acceptors (Lipinski definition) is 9. The van der Waals surface area contributed by atoms with Crippen molar-refractivity contribution in [3.8, 4) is 11.1 Å². The number of hydrogen-bond donors (Lipinski definition) is 2. The van der Waals surface area contributed by atoms with Gasteiger partial charge in [-0.1, -0.05) is 38.1 Å². The number of ketones is 1. The summed E-state index contributed by atoms with van der Waals surface area (Å²) in [6, 6.07) is 7.56. The molecule has 6 rings (SSSR count). The average Bonchev–Trinajstić information content (AvgIpc) is 3.64. The van der Waals surface area contributed by atoms with E-state index in [1.165, 1.54) is 16.5 Å². The van der Waals surface area contributed by atoms with Crippen molar-refractivity contribution in [3.05, 3.63) is 76.6 Å². The van der Waals surface area contributed by atoms with Gasteiger partial charge in [-0.2, -0.15) is 5.10 Å². The van der Waals surface area contributed by atoms with Crippen LogP contribution in [0.1, 0.15) is 55.5 Å². The van der Waals surface area contributed by atoms with Crippen molar-refractivity contribution < 1.29 is 28.3 Å². The van der Waals surface area contributed by atoms with Crippen molar-refractivity contribution in [1.29, 1.82) is 0 Å². The maximum atomic E-state index is 16.7. The van der Waals surface area contributed by atoms with Crippen molar-refractivity contribution in [2.75, 3.05) is 25.0 Å². The van der Waals surface area contributed by atoms with Crippen molar-refractivity contribution in [2.24, 2.45) is 5.41 Å². The number of likely N-dealkylation sites (tertiary alicyclic amines) is 1. The highest BCUT2D eigenvalue weighted by Gasteiger charge is 2.50. The third-order valence-electron chi connectivity index (χ3n) is 9.13. The predicted octanol–water partition coefficient (Wildman–Crippen LogP) is 4.73. The monoisotopic (exact) mass is 760 g/mol. The summed E-state index contributed by atoms with van der Waals surface area (Å²) in [5.74, 6) is -1.09. The second kappa shape index (κ2) is 14.4. The van der Waals surface area contributed by atoms with Crippen LogP contribution in [0.3, 0.4) is 0 Å². The fourth-order valence-corrected chi connectivity index (χ4v) is 6.51. The highest BCUT2D eigenvalue weighted by atomic mass is 79.9. The van der Waals surface area contributed by atoms with E-state index < -0.39 is 42.0 Å². The first kappa shape index (κ1) is 35.9. The zero-order chi connectivity index (χ0) is 36.5. The molecule has 1 aromatic carbocycles. The molecule has 2 aliphatic heterocycles. The van der Waals surface area contributed by atoms with Crippen LogP contribution < -0.4 is 10.6 Å². The average molecular weight is 762 g/mol. The van der Waals surface area contributed by atoms with Gasteiger partial charge in [0.2, 0.25) is 17.7 Å². The van der Waals surface area contributed by atoms with Crippen LogP contribution in [-0.4, -0.2) is 84.5 Å². The van der Waals surface area contributed by atoms with Gasteiger partial charge in [-0.15, -0.1) is 0 Å². The Morgan fingerprint density at radius 2 is 1.86 bits per heavy atom. The molecular weight excluding hydrogens is 723 g/mol. The number of amides is 3. The molecule has 1 saturated heterocycles. The number of carbonyl (C=O) groups is 4. The van der Waals surface area contributed by atoms with Crippen LogP contribution in [0.15, 0.2) is 59.5 Å². The van der Waals surface area contributed by atoms with Gasteiger partial charge in [0, 0.05) is 47.7 Å². The fraction of sp³-hybridized carbons (Fsp3) is 0.389. The number of benzene rings is 1. The lowest BCUT2D eigenvalue weighted by Crippen LogP contribution is -2.47. The minimum absolute atomic E-state index is 0.119. The summed E-state index contributed by atoms with van der Waals surface area (Å²) in [6.45, 7) is 5.83. The Kier molecular flexibility index (Phi) is 10.1. The molecule has 0 aliphatic carbocycles. The molecule has 13 nitrogen and oxygen atoms in total. The van der Waals surface area contributed by atoms with E-state index in [2.05, 4.69) is 46.6 Å². The van der Waals surface area contributed by atoms with Gasteiger partial charge in [0.25, 0.3) is 0 Å². The second-order valence-corrected chi connectivity index (χ2v) is 14.4. The number of halogens is 2. The number of Topliss-reactive ketones (excluding diaryl/α,β-unsaturated/α-hetero) is 1. The van der Waals surface area contributed by atoms with E-state index in [1.54, 1.807) is 63.5 Å². The molecule has 2 atom stereocenters. The molecule has 0 radical (unpaired) electrons. The molecule has 15 heteroatoms. The highest BCUT2D eigenvalue weighted by molar-refractivity contribution is 9.10. The molecule has 266 valence electrons. The van der Waals surface area contributed by atoms with Crippen LogP contribution in [0.4, 0.5) is 10.2 Å². The van der Waals surface area contributed by atoms with E-state index in [-0.39, 0.29) is 49.4 Å². The number of allylic oxidation sites excluding steroid dienone is 1. The van der Waals surface area contributed by atoms with Gasteiger partial charge in [-0.3, -0.25) is 23.9 Å². The first-order chi connectivity index (χ1) is 24.2. The molecule has 1 fully saturated rings. The van der Waals surface area contributed by atoms with Crippen LogP contribution in [0.25, 0.3) is 22.0 Å². The molecule has 0 spiro atoms. The van der Waals surface area contributed by atoms with Crippen LogP contribution >= 0.6 is 15.9 Å². The molecule has 4 aromatic rings. The number of nitrogens with zero attached hydrogens (tertiary/aromatic N) is 6. The number of aromatic nitrogens is 5. The minimum atomic E-state index is -2.12. The van der Waals surface area contributed by atoms with Gasteiger partial charge in [0.1, 0.15) is 40.2 Å². The minimum Gasteiger partial charge on any atom is -0.373 e. The van der Waals surface area contributed by atoms with E-state index in [9.17, 15) is 19.2 Å². The summed E-state index contributed by atoms with van der Waals surface area (Å²) in [5.41, 5.74) is -0.225. The lowest BCUT2D eigenvalue weighted by Gasteiger charge is -2.26. The number of alkyl halides is 1. The Hall–Kier alpha value is -4.89. The Morgan fingerprint density at radius 3 is 2.61 bits per heavy atom. The summed E-state index contributed by atoms with van der Waals surface area (Å²) in [4.78, 5) is 68.0. The molecule has 51 heavy (non-hydrogen) atoms. The molecule has 2 N–H and O–H groups in total. The zero-order valence-corrected chi connectivity index (χ0v) is 30.3. The Bertz CT molecular complexity index is 2050. The van der Waals surface area contributed by atoms with Gasteiger partial charge in [-0.25, -0.2) is 19.3 Å². The topological polar surface area (TPSA) is 161 Å². The first-order valence-electron chi connectivity index (χ1n) is 16.5. The number of pyridine rings is 1. The zero-order valence-electron chi connectivity index (χ0n) is 28.7. The van der Waals surface area contributed by atoms with Crippen molar-refractivity contribution in [1.82, 2.24) is 34.9 Å². The smallest absolute Gasteiger partial charge is 0.248 e. The maximum absolute atomic E-state index is 16.7. The molecule has 0 unspecified atom stereocenters. The Morgan fingerprint density at radius 1 is 1.10 bits per heavy atom. The van der Waals surface area contributed by atoms with E-state index >= 15 is 4.39 Å². The van der Waals surface area contributed by atoms with Crippen molar-refractivity contribution >= 4 is 56.2 Å². The van der Waals surface area contributed by atoms with Crippen LogP contribution in [0, 0.1) is 12.3 Å². The third kappa shape index (κ3) is 7.89. The standard InChI is InChI=1S/C36H38BrFN8O5/c1-21(47)31-26-13-23(25-15-39-22(2)40-16-25)7-9-27(26)46(44-31)17-30(48)45-20-36(38)14-28(45)33(49)43-32-24(8-10-29(37)42-32)18-51-12-6-5-11-35(3,4)34(50)41-19-36/h5-10,13,15-16,28H,11-12,14,17-20H2,1-4H3,(H,41,50)(H,42,43,49)/b6-5-/t28-,36-/m0/s1. The quantitative estimate of drug-likeness (QED) is 0.170. The number of ether oxygens (including phenoxy) is 1. The van der Waals surface area contributed by atoms with Crippen molar-refractivity contribution in [3.63, 3.8) is 0 Å². The Balaban J connectivity index is 1.33. The lowest BCUT2D eigenvalue weighted by atomic mass is 9.87. The number of aryl methyl sites for hydroxylation is 1. The third-order valence-corrected chi connectivity index (χ3v) is 9.57. The largest absolute Gasteiger partial charge is 0.373 e. The fourth-order valence-electron chi connectivity index (χ4n) is 6.20. The van der Waals surface area contributed by atoms with E-state index in [0.29, 0.717) is 33.3 Å². The molecule has 3 aromatic heterocycles. The maximum Gasteiger partial charge on any atom is 0.248 e. The van der Waals surface area contributed by atoms with E-state index in [4.69, 9.17) is 4.74 Å². The number of carbonyl (C=O) groups excluding carboxylic acids is 4. The molecule has 2 aliphatic rings. The normalized spacial score (nSPS) is 21.8. The van der Waals surface area contributed by atoms with Gasteiger partial charge in [0.05, 0.1) is 31.8 Å². The molecular formula is C36H38BrFN8O5. The summed E-state index contributed by atoms with van der Waals surface area (Å²) >= 11 is 3.34. The van der Waals surface area contributed by atoms with Gasteiger partial charge >= 0.3 is 0 Å².